The van der Waals surface area contributed by atoms with Crippen LogP contribution in [0.1, 0.15) is 5.56 Å². The summed E-state index contributed by atoms with van der Waals surface area (Å²) in [6.07, 6.45) is 0. The predicted molar refractivity (Wildman–Crippen MR) is 77.3 cm³/mol. The highest BCUT2D eigenvalue weighted by Gasteiger charge is 2.18. The van der Waals surface area contributed by atoms with E-state index in [1.807, 2.05) is 0 Å². The van der Waals surface area contributed by atoms with Gasteiger partial charge in [0.1, 0.15) is 16.5 Å². The molecule has 20 heavy (non-hydrogen) atoms. The fraction of sp³-hybridized carbons (Fsp3) is 0.0769. The highest BCUT2D eigenvalue weighted by atomic mass is 35.5. The summed E-state index contributed by atoms with van der Waals surface area (Å²) in [4.78, 5) is -0.509. The predicted octanol–water partition coefficient (Wildman–Crippen LogP) is 4.16. The van der Waals surface area contributed by atoms with Crippen LogP contribution in [0.5, 0.6) is 0 Å². The first-order valence-electron chi connectivity index (χ1n) is 5.45. The number of hydrogen-bond acceptors (Lipinski definition) is 2. The minimum Gasteiger partial charge on any atom is -0.399 e. The van der Waals surface area contributed by atoms with E-state index in [0.29, 0.717) is 15.6 Å². The molecule has 2 N–H and O–H groups in total. The molecule has 0 spiro atoms. The van der Waals surface area contributed by atoms with Crippen molar-refractivity contribution in [1.82, 2.24) is 0 Å². The van der Waals surface area contributed by atoms with Crippen LogP contribution < -0.4 is 5.73 Å². The summed E-state index contributed by atoms with van der Waals surface area (Å²) in [6.45, 7) is 0. The van der Waals surface area contributed by atoms with E-state index in [0.717, 1.165) is 12.1 Å². The van der Waals surface area contributed by atoms with Gasteiger partial charge in [0.2, 0.25) is 0 Å². The molecule has 2 aromatic carbocycles. The molecule has 0 aromatic heterocycles. The van der Waals surface area contributed by atoms with Gasteiger partial charge in [0.25, 0.3) is 0 Å². The lowest BCUT2D eigenvalue weighted by Crippen LogP contribution is -2.04. The Kier molecular flexibility index (Phi) is 4.62. The van der Waals surface area contributed by atoms with Crippen LogP contribution in [-0.2, 0) is 16.6 Å². The minimum atomic E-state index is -1.92. The van der Waals surface area contributed by atoms with Crippen molar-refractivity contribution < 1.29 is 13.0 Å². The van der Waals surface area contributed by atoms with Crippen LogP contribution in [0.15, 0.2) is 35.2 Å². The lowest BCUT2D eigenvalue weighted by molar-refractivity contribution is 0.535. The number of hydrogen-bond donors (Lipinski definition) is 1. The maximum atomic E-state index is 13.7. The lowest BCUT2D eigenvalue weighted by atomic mass is 10.2. The molecule has 0 aliphatic carbocycles. The summed E-state index contributed by atoms with van der Waals surface area (Å²) in [5.74, 6) is -2.00. The first-order chi connectivity index (χ1) is 9.38. The molecule has 0 saturated carbocycles. The van der Waals surface area contributed by atoms with Crippen LogP contribution in [0.2, 0.25) is 10.0 Å². The Hall–Kier alpha value is -1.17. The second-order valence-electron chi connectivity index (χ2n) is 4.04. The van der Waals surface area contributed by atoms with Gasteiger partial charge in [0.05, 0.1) is 16.6 Å². The average molecular weight is 336 g/mol. The molecule has 0 heterocycles. The third-order valence-electron chi connectivity index (χ3n) is 2.55. The van der Waals surface area contributed by atoms with Gasteiger partial charge < -0.3 is 5.73 Å². The van der Waals surface area contributed by atoms with E-state index in [2.05, 4.69) is 0 Å². The minimum absolute atomic E-state index is 0.0646. The molecule has 0 saturated heterocycles. The number of halogens is 4. The smallest absolute Gasteiger partial charge is 0.144 e. The topological polar surface area (TPSA) is 43.1 Å². The molecule has 1 unspecified atom stereocenters. The molecular formula is C13H9Cl2F2NOS. The Morgan fingerprint density at radius 3 is 2.25 bits per heavy atom. The number of rotatable bonds is 3. The zero-order valence-electron chi connectivity index (χ0n) is 10.00. The summed E-state index contributed by atoms with van der Waals surface area (Å²) in [7, 11) is -1.92. The van der Waals surface area contributed by atoms with Crippen LogP contribution >= 0.6 is 23.2 Å². The molecule has 0 fully saturated rings. The molecule has 7 heteroatoms. The van der Waals surface area contributed by atoms with E-state index < -0.39 is 27.3 Å². The quantitative estimate of drug-likeness (QED) is 0.855. The molecule has 2 nitrogen and oxygen atoms in total. The Morgan fingerprint density at radius 2 is 1.70 bits per heavy atom. The zero-order chi connectivity index (χ0) is 14.9. The van der Waals surface area contributed by atoms with Gasteiger partial charge in [-0.3, -0.25) is 4.21 Å². The Morgan fingerprint density at radius 1 is 1.10 bits per heavy atom. The maximum absolute atomic E-state index is 13.7. The van der Waals surface area contributed by atoms with Gasteiger partial charge in [-0.05, 0) is 29.8 Å². The number of benzene rings is 2. The molecule has 1 atom stereocenters. The summed E-state index contributed by atoms with van der Waals surface area (Å²) >= 11 is 11.7. The van der Waals surface area contributed by atoms with E-state index in [1.54, 1.807) is 12.1 Å². The average Bonchev–Trinajstić information content (AvgIpc) is 2.31. The third kappa shape index (κ3) is 3.29. The van der Waals surface area contributed by atoms with Crippen molar-refractivity contribution in [2.75, 3.05) is 5.73 Å². The number of nitrogen functional groups attached to an aromatic ring is 1. The molecule has 0 aliphatic rings. The van der Waals surface area contributed by atoms with Gasteiger partial charge >= 0.3 is 0 Å². The molecular weight excluding hydrogens is 327 g/mol. The largest absolute Gasteiger partial charge is 0.399 e. The van der Waals surface area contributed by atoms with Crippen molar-refractivity contribution >= 4 is 39.7 Å². The van der Waals surface area contributed by atoms with Crippen LogP contribution in [0, 0.1) is 11.6 Å². The first-order valence-corrected chi connectivity index (χ1v) is 7.53. The normalized spacial score (nSPS) is 12.4. The summed E-state index contributed by atoms with van der Waals surface area (Å²) in [6, 6.07) is 6.47. The van der Waals surface area contributed by atoms with E-state index in [-0.39, 0.29) is 11.4 Å². The fourth-order valence-corrected chi connectivity index (χ4v) is 3.44. The van der Waals surface area contributed by atoms with Crippen LogP contribution in [0.4, 0.5) is 14.5 Å². The number of anilines is 1. The van der Waals surface area contributed by atoms with Crippen molar-refractivity contribution in [3.8, 4) is 0 Å². The van der Waals surface area contributed by atoms with Gasteiger partial charge in [-0.25, -0.2) is 8.78 Å². The van der Waals surface area contributed by atoms with Gasteiger partial charge in [-0.1, -0.05) is 29.3 Å². The number of nitrogens with two attached hydrogens (primary N) is 1. The van der Waals surface area contributed by atoms with E-state index >= 15 is 0 Å². The first kappa shape index (κ1) is 15.2. The van der Waals surface area contributed by atoms with Crippen molar-refractivity contribution in [3.05, 3.63) is 57.6 Å². The SMILES string of the molecule is Nc1cc(F)c(S(=O)Cc2ccc(Cl)cc2Cl)c(F)c1. The van der Waals surface area contributed by atoms with E-state index in [1.165, 1.54) is 6.07 Å². The Labute approximate surface area is 127 Å². The molecule has 0 radical (unpaired) electrons. The van der Waals surface area contributed by atoms with Crippen LogP contribution in [0.3, 0.4) is 0 Å². The molecule has 2 rings (SSSR count). The summed E-state index contributed by atoms with van der Waals surface area (Å²) < 4.78 is 39.4. The van der Waals surface area contributed by atoms with Crippen LogP contribution in [0.25, 0.3) is 0 Å². The van der Waals surface area contributed by atoms with Crippen molar-refractivity contribution in [3.63, 3.8) is 0 Å². The van der Waals surface area contributed by atoms with Crippen LogP contribution in [-0.4, -0.2) is 4.21 Å². The Balaban J connectivity index is 2.33. The van der Waals surface area contributed by atoms with Gasteiger partial charge in [-0.2, -0.15) is 0 Å². The zero-order valence-corrected chi connectivity index (χ0v) is 12.3. The summed E-state index contributed by atoms with van der Waals surface area (Å²) in [5, 5.41) is 0.719. The van der Waals surface area contributed by atoms with Crippen molar-refractivity contribution in [2.24, 2.45) is 0 Å². The van der Waals surface area contributed by atoms with E-state index in [4.69, 9.17) is 28.9 Å². The summed E-state index contributed by atoms with van der Waals surface area (Å²) in [5.41, 5.74) is 5.73. The third-order valence-corrected chi connectivity index (χ3v) is 4.56. The van der Waals surface area contributed by atoms with Gasteiger partial charge in [0.15, 0.2) is 0 Å². The second-order valence-corrected chi connectivity index (χ2v) is 6.27. The standard InChI is InChI=1S/C13H9Cl2F2NOS/c14-8-2-1-7(10(15)3-8)6-20(19)13-11(16)4-9(18)5-12(13)17/h1-5H,6,18H2. The highest BCUT2D eigenvalue weighted by molar-refractivity contribution is 7.84. The molecule has 0 aliphatic heterocycles. The Bertz CT molecular complexity index is 671. The lowest BCUT2D eigenvalue weighted by Gasteiger charge is -2.08. The maximum Gasteiger partial charge on any atom is 0.144 e. The second kappa shape index (κ2) is 6.08. The van der Waals surface area contributed by atoms with Crippen molar-refractivity contribution in [2.45, 2.75) is 10.6 Å². The van der Waals surface area contributed by atoms with Gasteiger partial charge in [-0.15, -0.1) is 0 Å². The monoisotopic (exact) mass is 335 g/mol. The van der Waals surface area contributed by atoms with Gasteiger partial charge in [0, 0.05) is 15.7 Å². The highest BCUT2D eigenvalue weighted by Crippen LogP contribution is 2.26. The fourth-order valence-electron chi connectivity index (χ4n) is 1.65. The molecule has 0 amide bonds. The molecule has 106 valence electrons. The van der Waals surface area contributed by atoms with E-state index in [9.17, 15) is 13.0 Å². The van der Waals surface area contributed by atoms with Crippen molar-refractivity contribution in [1.29, 1.82) is 0 Å². The molecule has 0 bridgehead atoms. The molecule has 2 aromatic rings.